The SMILES string of the molecule is CCOc1ccc(N=C(SCC(=O)Nc2ccc(OCC)cc2)c2c(O)n(C)c(=O)n(C)c2=O)cc1. The number of carbonyl (C=O) groups excluding carboxylic acids is 1. The molecule has 0 unspecified atom stereocenters. The first-order valence-electron chi connectivity index (χ1n) is 11.2. The van der Waals surface area contributed by atoms with Crippen molar-refractivity contribution in [3.63, 3.8) is 0 Å². The van der Waals surface area contributed by atoms with Crippen LogP contribution in [0.1, 0.15) is 19.4 Å². The van der Waals surface area contributed by atoms with Crippen LogP contribution >= 0.6 is 11.8 Å². The van der Waals surface area contributed by atoms with Gasteiger partial charge in [-0.15, -0.1) is 0 Å². The van der Waals surface area contributed by atoms with E-state index in [2.05, 4.69) is 10.3 Å². The summed E-state index contributed by atoms with van der Waals surface area (Å²) in [6.07, 6.45) is 0. The standard InChI is InChI=1S/C25H28N4O6S/c1-5-34-18-11-7-16(8-12-18)26-20(30)15-36-22(27-17-9-13-19(14-10-17)35-6-2)21-23(31)28(3)25(33)29(4)24(21)32/h7-14,31H,5-6,15H2,1-4H3,(H,26,30). The molecule has 1 amide bonds. The van der Waals surface area contributed by atoms with E-state index in [9.17, 15) is 19.5 Å². The molecule has 2 N–H and O–H groups in total. The van der Waals surface area contributed by atoms with E-state index in [0.29, 0.717) is 36.1 Å². The topological polar surface area (TPSA) is 124 Å². The predicted molar refractivity (Wildman–Crippen MR) is 141 cm³/mol. The number of anilines is 1. The summed E-state index contributed by atoms with van der Waals surface area (Å²) in [5, 5.41) is 13.5. The van der Waals surface area contributed by atoms with Crippen molar-refractivity contribution < 1.29 is 19.4 Å². The number of aromatic nitrogens is 2. The molecule has 0 aliphatic heterocycles. The summed E-state index contributed by atoms with van der Waals surface area (Å²) < 4.78 is 12.7. The van der Waals surface area contributed by atoms with Gasteiger partial charge in [0.15, 0.2) is 0 Å². The number of nitrogens with one attached hydrogen (secondary N) is 1. The molecule has 36 heavy (non-hydrogen) atoms. The fraction of sp³-hybridized carbons (Fsp3) is 0.280. The molecule has 0 radical (unpaired) electrons. The zero-order valence-electron chi connectivity index (χ0n) is 20.5. The number of nitrogens with zero attached hydrogens (tertiary/aromatic N) is 3. The van der Waals surface area contributed by atoms with Gasteiger partial charge in [-0.1, -0.05) is 11.8 Å². The maximum absolute atomic E-state index is 12.9. The number of hydrogen-bond acceptors (Lipinski definition) is 8. The van der Waals surface area contributed by atoms with E-state index in [4.69, 9.17) is 9.47 Å². The maximum Gasteiger partial charge on any atom is 0.333 e. The Morgan fingerprint density at radius 2 is 1.50 bits per heavy atom. The molecule has 190 valence electrons. The highest BCUT2D eigenvalue weighted by atomic mass is 32.2. The summed E-state index contributed by atoms with van der Waals surface area (Å²) in [5.74, 6) is 0.364. The number of ether oxygens (including phenoxy) is 2. The molecule has 3 rings (SSSR count). The predicted octanol–water partition coefficient (Wildman–Crippen LogP) is 3.04. The third-order valence-corrected chi connectivity index (χ3v) is 5.99. The van der Waals surface area contributed by atoms with Crippen molar-refractivity contribution >= 4 is 34.1 Å². The Morgan fingerprint density at radius 3 is 2.06 bits per heavy atom. The van der Waals surface area contributed by atoms with Gasteiger partial charge in [-0.05, 0) is 62.4 Å². The van der Waals surface area contributed by atoms with Crippen LogP contribution in [0.5, 0.6) is 17.4 Å². The molecule has 0 spiro atoms. The molecule has 1 aromatic heterocycles. The Morgan fingerprint density at radius 1 is 0.944 bits per heavy atom. The number of hydrogen-bond donors (Lipinski definition) is 2. The normalized spacial score (nSPS) is 11.3. The van der Waals surface area contributed by atoms with Gasteiger partial charge in [0.05, 0.1) is 24.7 Å². The number of aliphatic imine (C=N–C) groups is 1. The van der Waals surface area contributed by atoms with Crippen LogP contribution in [0.2, 0.25) is 0 Å². The number of rotatable bonds is 9. The van der Waals surface area contributed by atoms with Gasteiger partial charge >= 0.3 is 5.69 Å². The molecule has 0 fully saturated rings. The summed E-state index contributed by atoms with van der Waals surface area (Å²) in [5.41, 5.74) is -0.523. The van der Waals surface area contributed by atoms with Crippen LogP contribution in [0.15, 0.2) is 63.1 Å². The van der Waals surface area contributed by atoms with Crippen molar-refractivity contribution in [3.8, 4) is 17.4 Å². The van der Waals surface area contributed by atoms with Gasteiger partial charge in [-0.3, -0.25) is 18.7 Å². The minimum atomic E-state index is -0.722. The fourth-order valence-electron chi connectivity index (χ4n) is 3.21. The Balaban J connectivity index is 1.90. The third kappa shape index (κ3) is 6.36. The zero-order chi connectivity index (χ0) is 26.2. The molecule has 0 saturated heterocycles. The zero-order valence-corrected chi connectivity index (χ0v) is 21.3. The number of thioether (sulfide) groups is 1. The Bertz CT molecular complexity index is 1360. The quantitative estimate of drug-likeness (QED) is 0.334. The summed E-state index contributed by atoms with van der Waals surface area (Å²) in [4.78, 5) is 42.3. The van der Waals surface area contributed by atoms with Crippen LogP contribution in [-0.4, -0.2) is 44.2 Å². The van der Waals surface area contributed by atoms with E-state index in [1.807, 2.05) is 13.8 Å². The minimum absolute atomic E-state index is 0.0923. The Hall–Kier alpha value is -3.99. The van der Waals surface area contributed by atoms with Gasteiger partial charge in [-0.25, -0.2) is 9.79 Å². The highest BCUT2D eigenvalue weighted by Crippen LogP contribution is 2.25. The highest BCUT2D eigenvalue weighted by Gasteiger charge is 2.22. The largest absolute Gasteiger partial charge is 0.494 e. The second-order valence-corrected chi connectivity index (χ2v) is 8.51. The molecule has 10 nitrogen and oxygen atoms in total. The van der Waals surface area contributed by atoms with Crippen molar-refractivity contribution in [2.24, 2.45) is 19.1 Å². The molecule has 0 bridgehead atoms. The first-order chi connectivity index (χ1) is 17.2. The van der Waals surface area contributed by atoms with E-state index in [1.165, 1.54) is 14.1 Å². The number of carbonyl (C=O) groups is 1. The number of aromatic hydroxyl groups is 1. The number of benzene rings is 2. The van der Waals surface area contributed by atoms with E-state index in [1.54, 1.807) is 48.5 Å². The average molecular weight is 513 g/mol. The smallest absolute Gasteiger partial charge is 0.333 e. The van der Waals surface area contributed by atoms with E-state index in [0.717, 1.165) is 20.9 Å². The van der Waals surface area contributed by atoms with Crippen LogP contribution in [0.25, 0.3) is 0 Å². The molecular weight excluding hydrogens is 484 g/mol. The van der Waals surface area contributed by atoms with Gasteiger partial charge in [-0.2, -0.15) is 0 Å². The van der Waals surface area contributed by atoms with E-state index in [-0.39, 0.29) is 22.3 Å². The lowest BCUT2D eigenvalue weighted by Crippen LogP contribution is -2.39. The second kappa shape index (κ2) is 12.1. The number of amides is 1. The lowest BCUT2D eigenvalue weighted by molar-refractivity contribution is -0.113. The van der Waals surface area contributed by atoms with Crippen molar-refractivity contribution in [1.29, 1.82) is 0 Å². The molecular formula is C25H28N4O6S. The van der Waals surface area contributed by atoms with Crippen LogP contribution in [-0.2, 0) is 18.9 Å². The van der Waals surface area contributed by atoms with Crippen molar-refractivity contribution in [2.75, 3.05) is 24.3 Å². The van der Waals surface area contributed by atoms with E-state index < -0.39 is 17.1 Å². The van der Waals surface area contributed by atoms with Crippen molar-refractivity contribution in [2.45, 2.75) is 13.8 Å². The van der Waals surface area contributed by atoms with Gasteiger partial charge in [0.25, 0.3) is 5.56 Å². The molecule has 0 aliphatic carbocycles. The molecule has 0 aliphatic rings. The molecule has 2 aromatic carbocycles. The van der Waals surface area contributed by atoms with Crippen LogP contribution in [0.4, 0.5) is 11.4 Å². The van der Waals surface area contributed by atoms with Gasteiger partial charge in [0.2, 0.25) is 11.8 Å². The monoisotopic (exact) mass is 512 g/mol. The molecule has 11 heteroatoms. The summed E-state index contributed by atoms with van der Waals surface area (Å²) >= 11 is 0.967. The summed E-state index contributed by atoms with van der Waals surface area (Å²) in [7, 11) is 2.66. The first kappa shape index (κ1) is 26.6. The lowest BCUT2D eigenvalue weighted by atomic mass is 10.3. The van der Waals surface area contributed by atoms with Gasteiger partial charge in [0.1, 0.15) is 22.1 Å². The Kier molecular flexibility index (Phi) is 8.96. The van der Waals surface area contributed by atoms with Crippen LogP contribution < -0.4 is 26.0 Å². The summed E-state index contributed by atoms with van der Waals surface area (Å²) in [6.45, 7) is 4.80. The fourth-order valence-corrected chi connectivity index (χ4v) is 4.05. The van der Waals surface area contributed by atoms with Crippen LogP contribution in [0.3, 0.4) is 0 Å². The Labute approximate surface area is 212 Å². The molecule has 0 saturated carbocycles. The van der Waals surface area contributed by atoms with E-state index >= 15 is 0 Å². The maximum atomic E-state index is 12.9. The minimum Gasteiger partial charge on any atom is -0.494 e. The van der Waals surface area contributed by atoms with Gasteiger partial charge in [0, 0.05) is 19.8 Å². The third-order valence-electron chi connectivity index (χ3n) is 5.01. The van der Waals surface area contributed by atoms with Crippen molar-refractivity contribution in [3.05, 3.63) is 74.9 Å². The average Bonchev–Trinajstić information content (AvgIpc) is 2.87. The lowest BCUT2D eigenvalue weighted by Gasteiger charge is -2.13. The molecule has 1 heterocycles. The second-order valence-electron chi connectivity index (χ2n) is 7.54. The first-order valence-corrected chi connectivity index (χ1v) is 12.2. The highest BCUT2D eigenvalue weighted by molar-refractivity contribution is 8.15. The molecule has 3 aromatic rings. The van der Waals surface area contributed by atoms with Crippen LogP contribution in [0, 0.1) is 0 Å². The van der Waals surface area contributed by atoms with Crippen molar-refractivity contribution in [1.82, 2.24) is 9.13 Å². The molecule has 0 atom stereocenters. The van der Waals surface area contributed by atoms with Gasteiger partial charge < -0.3 is 19.9 Å². The summed E-state index contributed by atoms with van der Waals surface area (Å²) in [6, 6.07) is 13.8.